The molecular weight excluding hydrogens is 440 g/mol. The van der Waals surface area contributed by atoms with Crippen LogP contribution in [0.5, 0.6) is 11.5 Å². The minimum Gasteiger partial charge on any atom is -0.506 e. The third-order valence-electron chi connectivity index (χ3n) is 3.02. The zero-order chi connectivity index (χ0) is 17.5. The van der Waals surface area contributed by atoms with Crippen molar-refractivity contribution in [3.05, 3.63) is 56.5 Å². The molecule has 0 fully saturated rings. The number of phenolic OH excluding ortho intramolecular Hbond substituents is 1. The quantitative estimate of drug-likeness (QED) is 0.498. The number of nitrogens with zero attached hydrogens (tertiary/aromatic N) is 1. The van der Waals surface area contributed by atoms with E-state index in [0.29, 0.717) is 22.2 Å². The second-order valence-corrected chi connectivity index (χ2v) is 6.67. The smallest absolute Gasteiger partial charge is 0.271 e. The van der Waals surface area contributed by atoms with Gasteiger partial charge in [0.15, 0.2) is 0 Å². The average Bonchev–Trinajstić information content (AvgIpc) is 2.57. The van der Waals surface area contributed by atoms with Crippen LogP contribution in [0.3, 0.4) is 0 Å². The molecule has 0 saturated carbocycles. The summed E-state index contributed by atoms with van der Waals surface area (Å²) in [5, 5.41) is 13.8. The van der Waals surface area contributed by atoms with Crippen molar-refractivity contribution in [3.8, 4) is 11.5 Å². The van der Waals surface area contributed by atoms with Crippen molar-refractivity contribution in [3.63, 3.8) is 0 Å². The van der Waals surface area contributed by atoms with Crippen LogP contribution in [0.15, 0.2) is 50.4 Å². The predicted molar refractivity (Wildman–Crippen MR) is 101 cm³/mol. The number of rotatable bonds is 6. The van der Waals surface area contributed by atoms with Gasteiger partial charge in [-0.05, 0) is 58.7 Å². The van der Waals surface area contributed by atoms with Gasteiger partial charge in [-0.25, -0.2) is 5.43 Å². The highest BCUT2D eigenvalue weighted by atomic mass is 79.9. The first kappa shape index (κ1) is 18.5. The molecule has 0 atom stereocenters. The maximum absolute atomic E-state index is 12.0. The first-order valence-electron chi connectivity index (χ1n) is 7.25. The van der Waals surface area contributed by atoms with E-state index in [-0.39, 0.29) is 11.7 Å². The molecule has 1 amide bonds. The molecule has 0 aliphatic rings. The second-order valence-electron chi connectivity index (χ2n) is 4.90. The molecule has 0 bridgehead atoms. The Morgan fingerprint density at radius 1 is 1.29 bits per heavy atom. The lowest BCUT2D eigenvalue weighted by Gasteiger charge is -2.05. The normalized spacial score (nSPS) is 10.8. The number of hydrogen-bond donors (Lipinski definition) is 2. The van der Waals surface area contributed by atoms with Crippen molar-refractivity contribution in [2.24, 2.45) is 5.10 Å². The molecule has 2 aromatic rings. The number of carbonyl (C=O) groups is 1. The lowest BCUT2D eigenvalue weighted by atomic mass is 10.2. The molecule has 2 N–H and O–H groups in total. The van der Waals surface area contributed by atoms with E-state index in [1.807, 2.05) is 6.92 Å². The number of nitrogens with one attached hydrogen (secondary N) is 1. The molecule has 2 rings (SSSR count). The van der Waals surface area contributed by atoms with E-state index in [4.69, 9.17) is 4.74 Å². The van der Waals surface area contributed by atoms with Gasteiger partial charge in [-0.3, -0.25) is 4.79 Å². The van der Waals surface area contributed by atoms with E-state index in [0.717, 1.165) is 16.6 Å². The van der Waals surface area contributed by atoms with E-state index >= 15 is 0 Å². The van der Waals surface area contributed by atoms with Crippen molar-refractivity contribution in [1.82, 2.24) is 5.43 Å². The molecule has 0 aliphatic carbocycles. The molecule has 126 valence electrons. The Kier molecular flexibility index (Phi) is 6.81. The fraction of sp³-hybridized carbons (Fsp3) is 0.176. The van der Waals surface area contributed by atoms with Crippen molar-refractivity contribution in [1.29, 1.82) is 0 Å². The first-order valence-corrected chi connectivity index (χ1v) is 8.84. The van der Waals surface area contributed by atoms with Gasteiger partial charge in [-0.15, -0.1) is 0 Å². The largest absolute Gasteiger partial charge is 0.506 e. The van der Waals surface area contributed by atoms with Gasteiger partial charge < -0.3 is 9.84 Å². The van der Waals surface area contributed by atoms with Gasteiger partial charge in [0.05, 0.1) is 17.3 Å². The summed E-state index contributed by atoms with van der Waals surface area (Å²) in [5.74, 6) is 0.427. The SMILES string of the molecule is CCCOc1ccc(C(=O)N/N=C/c2cc(Br)cc(Br)c2O)cc1. The molecule has 24 heavy (non-hydrogen) atoms. The monoisotopic (exact) mass is 454 g/mol. The zero-order valence-corrected chi connectivity index (χ0v) is 16.1. The number of phenols is 1. The Balaban J connectivity index is 2.00. The molecule has 0 aromatic heterocycles. The van der Waals surface area contributed by atoms with E-state index < -0.39 is 0 Å². The maximum Gasteiger partial charge on any atom is 0.271 e. The molecule has 7 heteroatoms. The summed E-state index contributed by atoms with van der Waals surface area (Å²) in [6.07, 6.45) is 2.30. The van der Waals surface area contributed by atoms with E-state index in [2.05, 4.69) is 42.4 Å². The molecule has 0 saturated heterocycles. The fourth-order valence-corrected chi connectivity index (χ4v) is 3.09. The Labute approximate surface area is 157 Å². The molecule has 0 unspecified atom stereocenters. The number of carbonyl (C=O) groups excluding carboxylic acids is 1. The van der Waals surface area contributed by atoms with Gasteiger partial charge >= 0.3 is 0 Å². The van der Waals surface area contributed by atoms with E-state index in [1.165, 1.54) is 6.21 Å². The van der Waals surface area contributed by atoms with Gasteiger partial charge in [0, 0.05) is 15.6 Å². The summed E-state index contributed by atoms with van der Waals surface area (Å²) < 4.78 is 6.78. The molecule has 0 aliphatic heterocycles. The van der Waals surface area contributed by atoms with Crippen molar-refractivity contribution in [2.75, 3.05) is 6.61 Å². The van der Waals surface area contributed by atoms with Crippen LogP contribution in [0.25, 0.3) is 0 Å². The highest BCUT2D eigenvalue weighted by Crippen LogP contribution is 2.30. The molecule has 5 nitrogen and oxygen atoms in total. The lowest BCUT2D eigenvalue weighted by molar-refractivity contribution is 0.0955. The number of benzene rings is 2. The topological polar surface area (TPSA) is 70.9 Å². The Morgan fingerprint density at radius 2 is 2.00 bits per heavy atom. The lowest BCUT2D eigenvalue weighted by Crippen LogP contribution is -2.17. The van der Waals surface area contributed by atoms with Crippen molar-refractivity contribution >= 4 is 44.0 Å². The van der Waals surface area contributed by atoms with Crippen LogP contribution in [-0.4, -0.2) is 23.8 Å². The number of hydrazone groups is 1. The van der Waals surface area contributed by atoms with Crippen molar-refractivity contribution in [2.45, 2.75) is 13.3 Å². The van der Waals surface area contributed by atoms with Crippen LogP contribution < -0.4 is 10.2 Å². The summed E-state index contributed by atoms with van der Waals surface area (Å²) in [5.41, 5.74) is 3.36. The molecule has 2 aromatic carbocycles. The minimum absolute atomic E-state index is 0.0497. The number of halogens is 2. The van der Waals surface area contributed by atoms with Crippen LogP contribution in [-0.2, 0) is 0 Å². The standard InChI is InChI=1S/C17H16Br2N2O3/c1-2-7-24-14-5-3-11(4-6-14)17(23)21-20-10-12-8-13(18)9-15(19)16(12)22/h3-6,8-10,22H,2,7H2,1H3,(H,21,23)/b20-10+. The van der Waals surface area contributed by atoms with Crippen LogP contribution in [0.2, 0.25) is 0 Å². The van der Waals surface area contributed by atoms with E-state index in [1.54, 1.807) is 36.4 Å². The van der Waals surface area contributed by atoms with Gasteiger partial charge in [0.25, 0.3) is 5.91 Å². The van der Waals surface area contributed by atoms with Crippen LogP contribution in [0.1, 0.15) is 29.3 Å². The van der Waals surface area contributed by atoms with Crippen LogP contribution >= 0.6 is 31.9 Å². The Bertz CT molecular complexity index is 746. The number of hydrogen-bond acceptors (Lipinski definition) is 4. The summed E-state index contributed by atoms with van der Waals surface area (Å²) in [6, 6.07) is 10.2. The predicted octanol–water partition coefficient (Wildman–Crippen LogP) is 4.47. The second kappa shape index (κ2) is 8.84. The third kappa shape index (κ3) is 5.07. The third-order valence-corrected chi connectivity index (χ3v) is 4.08. The van der Waals surface area contributed by atoms with Gasteiger partial charge in [-0.1, -0.05) is 22.9 Å². The molecular formula is C17H16Br2N2O3. The van der Waals surface area contributed by atoms with Crippen LogP contribution in [0.4, 0.5) is 0 Å². The summed E-state index contributed by atoms with van der Waals surface area (Å²) in [7, 11) is 0. The average molecular weight is 456 g/mol. The minimum atomic E-state index is -0.346. The van der Waals surface area contributed by atoms with Gasteiger partial charge in [-0.2, -0.15) is 5.10 Å². The molecule has 0 radical (unpaired) electrons. The highest BCUT2D eigenvalue weighted by molar-refractivity contribution is 9.11. The fourth-order valence-electron chi connectivity index (χ4n) is 1.83. The Hall–Kier alpha value is -1.86. The highest BCUT2D eigenvalue weighted by Gasteiger charge is 2.07. The van der Waals surface area contributed by atoms with E-state index in [9.17, 15) is 9.90 Å². The van der Waals surface area contributed by atoms with Gasteiger partial charge in [0.2, 0.25) is 0 Å². The first-order chi connectivity index (χ1) is 11.5. The molecule has 0 heterocycles. The number of aromatic hydroxyl groups is 1. The number of amides is 1. The molecule has 0 spiro atoms. The maximum atomic E-state index is 12.0. The summed E-state index contributed by atoms with van der Waals surface area (Å²) in [6.45, 7) is 2.67. The summed E-state index contributed by atoms with van der Waals surface area (Å²) in [4.78, 5) is 12.0. The Morgan fingerprint density at radius 3 is 2.67 bits per heavy atom. The zero-order valence-electron chi connectivity index (χ0n) is 12.9. The van der Waals surface area contributed by atoms with Gasteiger partial charge in [0.1, 0.15) is 11.5 Å². The number of ether oxygens (including phenoxy) is 1. The summed E-state index contributed by atoms with van der Waals surface area (Å²) >= 11 is 6.57. The van der Waals surface area contributed by atoms with Crippen LogP contribution in [0, 0.1) is 0 Å². The van der Waals surface area contributed by atoms with Crippen molar-refractivity contribution < 1.29 is 14.6 Å².